The fourth-order valence-electron chi connectivity index (χ4n) is 5.76. The van der Waals surface area contributed by atoms with E-state index in [0.717, 1.165) is 54.2 Å². The molecule has 1 nitrogen and oxygen atoms in total. The average Bonchev–Trinajstić information content (AvgIpc) is 2.77. The number of rotatable bonds is 5. The largest absolute Gasteiger partial charge is 0.394 e. The second kappa shape index (κ2) is 9.67. The summed E-state index contributed by atoms with van der Waals surface area (Å²) in [5.74, 6) is 1.33. The summed E-state index contributed by atoms with van der Waals surface area (Å²) in [6, 6.07) is 7.18. The summed E-state index contributed by atoms with van der Waals surface area (Å²) in [6.45, 7) is 2.38. The Bertz CT molecular complexity index is 870. The van der Waals surface area contributed by atoms with Crippen LogP contribution in [0.2, 0.25) is 0 Å². The van der Waals surface area contributed by atoms with Crippen LogP contribution in [-0.2, 0) is 6.42 Å². The van der Waals surface area contributed by atoms with E-state index in [1.54, 1.807) is 6.07 Å². The van der Waals surface area contributed by atoms with Gasteiger partial charge in [0.05, 0.1) is 0 Å². The van der Waals surface area contributed by atoms with Gasteiger partial charge in [0, 0.05) is 5.56 Å². The highest BCUT2D eigenvalue weighted by molar-refractivity contribution is 5.67. The quantitative estimate of drug-likeness (QED) is 0.480. The molecule has 168 valence electrons. The van der Waals surface area contributed by atoms with Crippen LogP contribution in [0.15, 0.2) is 30.3 Å². The van der Waals surface area contributed by atoms with Gasteiger partial charge in [0.1, 0.15) is 23.1 Å². The zero-order chi connectivity index (χ0) is 22.0. The Morgan fingerprint density at radius 3 is 1.94 bits per heavy atom. The summed E-state index contributed by atoms with van der Waals surface area (Å²) in [4.78, 5) is 0. The minimum atomic E-state index is -0.864. The van der Waals surface area contributed by atoms with Gasteiger partial charge in [0.15, 0.2) is 0 Å². The van der Waals surface area contributed by atoms with Crippen molar-refractivity contribution in [1.29, 1.82) is 0 Å². The van der Waals surface area contributed by atoms with Gasteiger partial charge in [0.25, 0.3) is 0 Å². The van der Waals surface area contributed by atoms with Gasteiger partial charge < -0.3 is 5.73 Å². The van der Waals surface area contributed by atoms with Gasteiger partial charge in [0.2, 0.25) is 0 Å². The fraction of sp³-hybridized carbons (Fsp3) is 0.556. The van der Waals surface area contributed by atoms with Gasteiger partial charge in [-0.3, -0.25) is 0 Å². The molecule has 2 aliphatic rings. The summed E-state index contributed by atoms with van der Waals surface area (Å²) in [5.41, 5.74) is 6.09. The SMILES string of the molecule is CC1CCC(C2CCC(CCc3ccc(-c4cc(F)c(N)c(F)c4)c(F)c3)CC2)CC1. The zero-order valence-corrected chi connectivity index (χ0v) is 18.5. The molecule has 2 aliphatic carbocycles. The van der Waals surface area contributed by atoms with E-state index >= 15 is 0 Å². The maximum atomic E-state index is 14.7. The van der Waals surface area contributed by atoms with Crippen molar-refractivity contribution in [3.8, 4) is 11.1 Å². The minimum absolute atomic E-state index is 0.170. The van der Waals surface area contributed by atoms with Crippen molar-refractivity contribution < 1.29 is 13.2 Å². The monoisotopic (exact) mass is 429 g/mol. The maximum Gasteiger partial charge on any atom is 0.149 e. The lowest BCUT2D eigenvalue weighted by atomic mass is 9.69. The number of anilines is 1. The molecular formula is C27H34F3N. The van der Waals surface area contributed by atoms with Crippen molar-refractivity contribution >= 4 is 5.69 Å². The Morgan fingerprint density at radius 1 is 0.774 bits per heavy atom. The highest BCUT2D eigenvalue weighted by Gasteiger charge is 2.29. The number of hydrogen-bond donors (Lipinski definition) is 1. The van der Waals surface area contributed by atoms with Crippen molar-refractivity contribution in [1.82, 2.24) is 0 Å². The molecule has 4 rings (SSSR count). The van der Waals surface area contributed by atoms with Crippen LogP contribution in [0, 0.1) is 41.1 Å². The predicted molar refractivity (Wildman–Crippen MR) is 121 cm³/mol. The maximum absolute atomic E-state index is 14.7. The predicted octanol–water partition coefficient (Wildman–Crippen LogP) is 7.92. The summed E-state index contributed by atoms with van der Waals surface area (Å²) in [7, 11) is 0. The highest BCUT2D eigenvalue weighted by Crippen LogP contribution is 2.42. The first-order valence-corrected chi connectivity index (χ1v) is 11.9. The van der Waals surface area contributed by atoms with E-state index < -0.39 is 23.1 Å². The van der Waals surface area contributed by atoms with Gasteiger partial charge in [-0.2, -0.15) is 0 Å². The molecular weight excluding hydrogens is 395 g/mol. The lowest BCUT2D eigenvalue weighted by molar-refractivity contribution is 0.148. The minimum Gasteiger partial charge on any atom is -0.394 e. The lowest BCUT2D eigenvalue weighted by Gasteiger charge is -2.37. The van der Waals surface area contributed by atoms with Crippen LogP contribution < -0.4 is 5.73 Å². The third-order valence-electron chi connectivity index (χ3n) is 7.88. The topological polar surface area (TPSA) is 26.0 Å². The number of hydrogen-bond acceptors (Lipinski definition) is 1. The molecule has 2 fully saturated rings. The van der Waals surface area contributed by atoms with Crippen molar-refractivity contribution in [2.45, 2.75) is 71.1 Å². The molecule has 31 heavy (non-hydrogen) atoms. The number of nitrogens with two attached hydrogens (primary N) is 1. The Labute approximate surface area is 184 Å². The second-order valence-electron chi connectivity index (χ2n) is 10.0. The third-order valence-corrected chi connectivity index (χ3v) is 7.88. The Kier molecular flexibility index (Phi) is 6.93. The first-order chi connectivity index (χ1) is 14.9. The molecule has 2 saturated carbocycles. The molecule has 2 aromatic rings. The molecule has 0 aliphatic heterocycles. The van der Waals surface area contributed by atoms with E-state index in [0.29, 0.717) is 0 Å². The molecule has 0 heterocycles. The third kappa shape index (κ3) is 5.27. The van der Waals surface area contributed by atoms with Gasteiger partial charge in [-0.1, -0.05) is 44.7 Å². The summed E-state index contributed by atoms with van der Waals surface area (Å²) in [5, 5.41) is 0. The molecule has 0 atom stereocenters. The number of aryl methyl sites for hydroxylation is 1. The van der Waals surface area contributed by atoms with Crippen LogP contribution in [0.25, 0.3) is 11.1 Å². The molecule has 0 spiro atoms. The molecule has 0 amide bonds. The van der Waals surface area contributed by atoms with Crippen LogP contribution in [0.3, 0.4) is 0 Å². The van der Waals surface area contributed by atoms with Gasteiger partial charge >= 0.3 is 0 Å². The molecule has 0 bridgehead atoms. The first-order valence-electron chi connectivity index (χ1n) is 11.9. The van der Waals surface area contributed by atoms with Crippen LogP contribution in [0.1, 0.15) is 70.3 Å². The van der Waals surface area contributed by atoms with Crippen molar-refractivity contribution in [3.05, 3.63) is 53.3 Å². The van der Waals surface area contributed by atoms with Gasteiger partial charge in [-0.25, -0.2) is 13.2 Å². The molecule has 0 saturated heterocycles. The second-order valence-corrected chi connectivity index (χ2v) is 10.0. The summed E-state index contributed by atoms with van der Waals surface area (Å²) < 4.78 is 42.2. The first kappa shape index (κ1) is 22.2. The number of benzene rings is 2. The van der Waals surface area contributed by atoms with Crippen molar-refractivity contribution in [2.24, 2.45) is 23.7 Å². The van der Waals surface area contributed by atoms with E-state index in [9.17, 15) is 13.2 Å². The number of nitrogen functional groups attached to an aromatic ring is 1. The average molecular weight is 430 g/mol. The van der Waals surface area contributed by atoms with Crippen LogP contribution in [0.5, 0.6) is 0 Å². The standard InChI is InChI=1S/C27H34F3N/c1-17-2-9-20(10-3-17)21-11-6-18(7-12-21)4-5-19-8-13-23(24(28)14-19)22-15-25(29)27(31)26(30)16-22/h8,13-18,20-21H,2-7,9-12,31H2,1H3. The Balaban J connectivity index is 1.30. The van der Waals surface area contributed by atoms with E-state index in [-0.39, 0.29) is 11.1 Å². The highest BCUT2D eigenvalue weighted by atomic mass is 19.1. The molecule has 2 aromatic carbocycles. The van der Waals surface area contributed by atoms with Gasteiger partial charge in [-0.05, 0) is 91.5 Å². The van der Waals surface area contributed by atoms with Gasteiger partial charge in [-0.15, -0.1) is 0 Å². The summed E-state index contributed by atoms with van der Waals surface area (Å²) >= 11 is 0. The molecule has 0 radical (unpaired) electrons. The smallest absolute Gasteiger partial charge is 0.149 e. The Hall–Kier alpha value is -1.97. The van der Waals surface area contributed by atoms with Crippen molar-refractivity contribution in [3.63, 3.8) is 0 Å². The van der Waals surface area contributed by atoms with Crippen LogP contribution in [0.4, 0.5) is 18.9 Å². The lowest BCUT2D eigenvalue weighted by Crippen LogP contribution is -2.25. The molecule has 0 aromatic heterocycles. The number of halogens is 3. The van der Waals surface area contributed by atoms with Crippen LogP contribution in [-0.4, -0.2) is 0 Å². The zero-order valence-electron chi connectivity index (χ0n) is 18.5. The molecule has 4 heteroatoms. The fourth-order valence-corrected chi connectivity index (χ4v) is 5.76. The van der Waals surface area contributed by atoms with E-state index in [2.05, 4.69) is 6.92 Å². The van der Waals surface area contributed by atoms with E-state index in [1.807, 2.05) is 6.07 Å². The van der Waals surface area contributed by atoms with E-state index in [1.165, 1.54) is 57.4 Å². The normalized spacial score (nSPS) is 26.7. The summed E-state index contributed by atoms with van der Waals surface area (Å²) in [6.07, 6.45) is 12.9. The molecule has 0 unspecified atom stereocenters. The Morgan fingerprint density at radius 2 is 1.35 bits per heavy atom. The van der Waals surface area contributed by atoms with Crippen molar-refractivity contribution in [2.75, 3.05) is 5.73 Å². The molecule has 2 N–H and O–H groups in total. The van der Waals surface area contributed by atoms with E-state index in [4.69, 9.17) is 5.73 Å². The van der Waals surface area contributed by atoms with Crippen LogP contribution >= 0.6 is 0 Å².